The van der Waals surface area contributed by atoms with Gasteiger partial charge in [0.25, 0.3) is 0 Å². The van der Waals surface area contributed by atoms with Gasteiger partial charge >= 0.3 is 0 Å². The quantitative estimate of drug-likeness (QED) is 0.714. The van der Waals surface area contributed by atoms with Gasteiger partial charge in [0.1, 0.15) is 17.6 Å². The molecule has 5 rings (SSSR count). The fourth-order valence-electron chi connectivity index (χ4n) is 5.11. The monoisotopic (exact) mass is 403 g/mol. The molecule has 4 heterocycles. The van der Waals surface area contributed by atoms with Gasteiger partial charge in [0.15, 0.2) is 0 Å². The summed E-state index contributed by atoms with van der Waals surface area (Å²) in [6.07, 6.45) is 9.07. The number of ether oxygens (including phenoxy) is 1. The molecule has 1 unspecified atom stereocenters. The molecule has 2 N–H and O–H groups in total. The molecule has 0 radical (unpaired) electrons. The molecule has 1 aliphatic carbocycles. The van der Waals surface area contributed by atoms with Crippen molar-refractivity contribution in [2.24, 2.45) is 17.6 Å². The number of nitrogens with two attached hydrogens (primary N) is 1. The van der Waals surface area contributed by atoms with Gasteiger partial charge in [-0.15, -0.1) is 0 Å². The first-order valence-electron chi connectivity index (χ1n) is 10.4. The highest BCUT2D eigenvalue weighted by molar-refractivity contribution is 5.83. The number of rotatable bonds is 4. The van der Waals surface area contributed by atoms with E-state index in [4.69, 9.17) is 15.5 Å². The van der Waals surface area contributed by atoms with E-state index in [2.05, 4.69) is 28.0 Å². The Bertz CT molecular complexity index is 1110. The van der Waals surface area contributed by atoms with Crippen LogP contribution in [0, 0.1) is 23.2 Å². The molecule has 0 spiro atoms. The van der Waals surface area contributed by atoms with Crippen LogP contribution in [0.2, 0.25) is 0 Å². The van der Waals surface area contributed by atoms with Gasteiger partial charge in [-0.1, -0.05) is 0 Å². The van der Waals surface area contributed by atoms with E-state index in [0.29, 0.717) is 41.0 Å². The number of anilines is 1. The van der Waals surface area contributed by atoms with Crippen LogP contribution in [0.15, 0.2) is 30.9 Å². The van der Waals surface area contributed by atoms with E-state index in [9.17, 15) is 5.26 Å². The number of nitriles is 1. The van der Waals surface area contributed by atoms with E-state index < -0.39 is 0 Å². The summed E-state index contributed by atoms with van der Waals surface area (Å²) in [6.45, 7) is 6.60. The van der Waals surface area contributed by atoms with Gasteiger partial charge in [0.05, 0.1) is 48.2 Å². The zero-order chi connectivity index (χ0) is 20.9. The molecule has 0 amide bonds. The normalized spacial score (nSPS) is 25.5. The molecule has 2 aliphatic rings. The van der Waals surface area contributed by atoms with Crippen LogP contribution in [0.4, 0.5) is 5.82 Å². The first-order chi connectivity index (χ1) is 14.5. The van der Waals surface area contributed by atoms with Crippen molar-refractivity contribution in [3.63, 3.8) is 0 Å². The minimum absolute atomic E-state index is 0.0302. The highest BCUT2D eigenvalue weighted by Crippen LogP contribution is 2.43. The molecule has 8 heteroatoms. The molecule has 8 nitrogen and oxygen atoms in total. The van der Waals surface area contributed by atoms with Crippen molar-refractivity contribution >= 4 is 11.3 Å². The Morgan fingerprint density at radius 1 is 1.23 bits per heavy atom. The van der Waals surface area contributed by atoms with Crippen molar-refractivity contribution in [2.75, 3.05) is 24.6 Å². The largest absolute Gasteiger partial charge is 0.492 e. The molecule has 1 saturated heterocycles. The lowest BCUT2D eigenvalue weighted by Gasteiger charge is -2.23. The van der Waals surface area contributed by atoms with Gasteiger partial charge in [-0.3, -0.25) is 4.98 Å². The standard InChI is InChI=1S/C22H25N7O/c1-3-30-17-4-18(21-16(7-23)8-27-29(21)13-17)19-9-26-20(10-25-19)28-11-14-5-22(2,24)6-15(14)12-28/h4,8-10,13-15H,3,5-6,11-12,24H2,1-2H3/t14-,15+,22?. The van der Waals surface area contributed by atoms with Crippen LogP contribution >= 0.6 is 0 Å². The van der Waals surface area contributed by atoms with E-state index in [1.54, 1.807) is 23.1 Å². The Morgan fingerprint density at radius 2 is 2.00 bits per heavy atom. The Balaban J connectivity index is 1.46. The average Bonchev–Trinajstić information content (AvgIpc) is 3.38. The molecule has 154 valence electrons. The van der Waals surface area contributed by atoms with E-state index in [-0.39, 0.29) is 5.54 Å². The van der Waals surface area contributed by atoms with Crippen LogP contribution < -0.4 is 15.4 Å². The Hall–Kier alpha value is -3.18. The molecule has 3 aromatic rings. The van der Waals surface area contributed by atoms with Crippen LogP contribution in [0.1, 0.15) is 32.3 Å². The van der Waals surface area contributed by atoms with Crippen LogP contribution in [-0.2, 0) is 0 Å². The zero-order valence-electron chi connectivity index (χ0n) is 17.2. The lowest BCUT2D eigenvalue weighted by Crippen LogP contribution is -2.35. The number of pyridine rings is 1. The Labute approximate surface area is 175 Å². The van der Waals surface area contributed by atoms with Crippen molar-refractivity contribution in [3.8, 4) is 23.1 Å². The molecule has 3 aromatic heterocycles. The number of aromatic nitrogens is 4. The van der Waals surface area contributed by atoms with Gasteiger partial charge in [-0.2, -0.15) is 10.4 Å². The van der Waals surface area contributed by atoms with Crippen LogP contribution in [-0.4, -0.2) is 44.8 Å². The van der Waals surface area contributed by atoms with E-state index >= 15 is 0 Å². The number of nitrogens with zero attached hydrogens (tertiary/aromatic N) is 6. The van der Waals surface area contributed by atoms with Crippen LogP contribution in [0.5, 0.6) is 5.75 Å². The maximum atomic E-state index is 9.49. The summed E-state index contributed by atoms with van der Waals surface area (Å²) in [5.74, 6) is 2.83. The van der Waals surface area contributed by atoms with Gasteiger partial charge in [0.2, 0.25) is 0 Å². The molecule has 0 bridgehead atoms. The third-order valence-corrected chi connectivity index (χ3v) is 6.29. The van der Waals surface area contributed by atoms with E-state index in [0.717, 1.165) is 37.3 Å². The second kappa shape index (κ2) is 6.96. The molecule has 1 aliphatic heterocycles. The lowest BCUT2D eigenvalue weighted by molar-refractivity contribution is 0.338. The maximum absolute atomic E-state index is 9.49. The van der Waals surface area contributed by atoms with Crippen LogP contribution in [0.25, 0.3) is 16.8 Å². The first-order valence-corrected chi connectivity index (χ1v) is 10.4. The second-order valence-corrected chi connectivity index (χ2v) is 8.73. The number of hydrogen-bond donors (Lipinski definition) is 1. The molecule has 0 aromatic carbocycles. The summed E-state index contributed by atoms with van der Waals surface area (Å²) in [6, 6.07) is 4.10. The highest BCUT2D eigenvalue weighted by Gasteiger charge is 2.45. The zero-order valence-corrected chi connectivity index (χ0v) is 17.2. The van der Waals surface area contributed by atoms with Gasteiger partial charge in [-0.25, -0.2) is 9.50 Å². The summed E-state index contributed by atoms with van der Waals surface area (Å²) >= 11 is 0. The van der Waals surface area contributed by atoms with Crippen molar-refractivity contribution < 1.29 is 4.74 Å². The Morgan fingerprint density at radius 3 is 2.63 bits per heavy atom. The molecule has 3 atom stereocenters. The minimum atomic E-state index is -0.0302. The Kier molecular flexibility index (Phi) is 4.36. The average molecular weight is 403 g/mol. The van der Waals surface area contributed by atoms with E-state index in [1.807, 2.05) is 19.2 Å². The summed E-state index contributed by atoms with van der Waals surface area (Å²) in [5.41, 5.74) is 8.99. The maximum Gasteiger partial charge on any atom is 0.147 e. The summed E-state index contributed by atoms with van der Waals surface area (Å²) < 4.78 is 7.34. The molecular weight excluding hydrogens is 378 g/mol. The third-order valence-electron chi connectivity index (χ3n) is 6.29. The fraction of sp³-hybridized carbons (Fsp3) is 0.455. The van der Waals surface area contributed by atoms with Crippen molar-refractivity contribution in [3.05, 3.63) is 36.4 Å². The molecule has 1 saturated carbocycles. The predicted molar refractivity (Wildman–Crippen MR) is 113 cm³/mol. The predicted octanol–water partition coefficient (Wildman–Crippen LogP) is 2.63. The van der Waals surface area contributed by atoms with Crippen LogP contribution in [0.3, 0.4) is 0 Å². The van der Waals surface area contributed by atoms with Gasteiger partial charge in [0, 0.05) is 24.2 Å². The highest BCUT2D eigenvalue weighted by atomic mass is 16.5. The van der Waals surface area contributed by atoms with Crippen molar-refractivity contribution in [1.82, 2.24) is 19.6 Å². The van der Waals surface area contributed by atoms with Gasteiger partial charge < -0.3 is 15.4 Å². The fourth-order valence-corrected chi connectivity index (χ4v) is 5.11. The third kappa shape index (κ3) is 3.15. The smallest absolute Gasteiger partial charge is 0.147 e. The summed E-state index contributed by atoms with van der Waals surface area (Å²) in [4.78, 5) is 11.7. The van der Waals surface area contributed by atoms with Gasteiger partial charge in [-0.05, 0) is 44.6 Å². The molecule has 2 fully saturated rings. The lowest BCUT2D eigenvalue weighted by atomic mass is 10.00. The van der Waals surface area contributed by atoms with Crippen molar-refractivity contribution in [2.45, 2.75) is 32.2 Å². The number of hydrogen-bond acceptors (Lipinski definition) is 7. The SMILES string of the molecule is CCOc1cc(-c2cnc(N3C[C@@H]4CC(C)(N)C[C@@H]4C3)cn2)c2c(C#N)cnn2c1. The second-order valence-electron chi connectivity index (χ2n) is 8.73. The van der Waals surface area contributed by atoms with E-state index in [1.165, 1.54) is 0 Å². The molecule has 30 heavy (non-hydrogen) atoms. The topological polar surface area (TPSA) is 105 Å². The summed E-state index contributed by atoms with van der Waals surface area (Å²) in [5, 5.41) is 13.8. The molecular formula is C22H25N7O. The van der Waals surface area contributed by atoms with Crippen molar-refractivity contribution in [1.29, 1.82) is 5.26 Å². The first kappa shape index (κ1) is 18.8. The minimum Gasteiger partial charge on any atom is -0.492 e. The summed E-state index contributed by atoms with van der Waals surface area (Å²) in [7, 11) is 0. The number of fused-ring (bicyclic) bond motifs is 2.